The minimum atomic E-state index is -0.0695. The van der Waals surface area contributed by atoms with E-state index in [9.17, 15) is 10.1 Å². The molecule has 0 saturated carbocycles. The second-order valence-corrected chi connectivity index (χ2v) is 7.01. The van der Waals surface area contributed by atoms with E-state index in [1.165, 1.54) is 0 Å². The fourth-order valence-electron chi connectivity index (χ4n) is 3.88. The molecule has 4 aromatic heterocycles. The van der Waals surface area contributed by atoms with Crippen molar-refractivity contribution in [1.29, 1.82) is 5.26 Å². The summed E-state index contributed by atoms with van der Waals surface area (Å²) in [6.45, 7) is 1.77. The van der Waals surface area contributed by atoms with E-state index >= 15 is 0 Å². The number of nitrogens with zero attached hydrogens (tertiary/aromatic N) is 7. The first kappa shape index (κ1) is 19.1. The second-order valence-electron chi connectivity index (χ2n) is 7.01. The molecule has 0 atom stereocenters. The van der Waals surface area contributed by atoms with Crippen LogP contribution in [0.1, 0.15) is 24.4 Å². The van der Waals surface area contributed by atoms with E-state index in [4.69, 9.17) is 4.98 Å². The molecule has 4 aromatic rings. The number of nitriles is 1. The number of imidazole rings is 1. The maximum atomic E-state index is 12.9. The zero-order valence-corrected chi connectivity index (χ0v) is 16.6. The summed E-state index contributed by atoms with van der Waals surface area (Å²) in [7, 11) is 1.75. The number of piperidine rings is 1. The Morgan fingerprint density at radius 2 is 2.03 bits per heavy atom. The lowest BCUT2D eigenvalue weighted by molar-refractivity contribution is 0.364. The molecule has 5 heterocycles. The summed E-state index contributed by atoms with van der Waals surface area (Å²) in [5.41, 5.74) is 3.31. The third kappa shape index (κ3) is 2.97. The third-order valence-corrected chi connectivity index (χ3v) is 5.40. The van der Waals surface area contributed by atoms with Gasteiger partial charge in [0.05, 0.1) is 35.1 Å². The average Bonchev–Trinajstić information content (AvgIpc) is 3.27. The van der Waals surface area contributed by atoms with Crippen molar-refractivity contribution in [3.05, 3.63) is 46.8 Å². The van der Waals surface area contributed by atoms with Crippen LogP contribution in [-0.4, -0.2) is 41.8 Å². The van der Waals surface area contributed by atoms with Crippen LogP contribution in [0.25, 0.3) is 28.1 Å². The van der Waals surface area contributed by atoms with E-state index in [1.54, 1.807) is 51.4 Å². The Labute approximate surface area is 172 Å². The van der Waals surface area contributed by atoms with Crippen LogP contribution in [0.4, 0.5) is 0 Å². The Hall–Kier alpha value is -3.22. The van der Waals surface area contributed by atoms with E-state index in [0.29, 0.717) is 22.6 Å². The van der Waals surface area contributed by atoms with Gasteiger partial charge >= 0.3 is 5.69 Å². The van der Waals surface area contributed by atoms with Crippen LogP contribution in [0, 0.1) is 11.3 Å². The summed E-state index contributed by atoms with van der Waals surface area (Å²) in [4.78, 5) is 22.1. The third-order valence-electron chi connectivity index (χ3n) is 5.40. The van der Waals surface area contributed by atoms with Crippen molar-refractivity contribution in [2.75, 3.05) is 13.1 Å². The topological polar surface area (TPSA) is 106 Å². The first-order valence-electron chi connectivity index (χ1n) is 9.20. The number of fused-ring (bicyclic) bond motifs is 2. The van der Waals surface area contributed by atoms with Crippen LogP contribution in [0.5, 0.6) is 0 Å². The van der Waals surface area contributed by atoms with Gasteiger partial charge in [0.1, 0.15) is 5.52 Å². The van der Waals surface area contributed by atoms with Gasteiger partial charge in [0.25, 0.3) is 0 Å². The fourth-order valence-corrected chi connectivity index (χ4v) is 3.88. The lowest BCUT2D eigenvalue weighted by Crippen LogP contribution is -2.34. The number of hydrogen-bond donors (Lipinski definition) is 1. The van der Waals surface area contributed by atoms with Gasteiger partial charge < -0.3 is 5.32 Å². The Bertz CT molecular complexity index is 1310. The molecule has 1 aliphatic rings. The molecule has 5 rings (SSSR count). The quantitative estimate of drug-likeness (QED) is 0.538. The maximum absolute atomic E-state index is 12.9. The van der Waals surface area contributed by atoms with Crippen LogP contribution in [0.2, 0.25) is 0 Å². The van der Waals surface area contributed by atoms with Gasteiger partial charge in [-0.05, 0) is 38.1 Å². The highest BCUT2D eigenvalue weighted by atomic mass is 35.5. The molecule has 0 aliphatic carbocycles. The molecule has 0 spiro atoms. The number of aromatic nitrogens is 6. The Balaban J connectivity index is 0.00000205. The van der Waals surface area contributed by atoms with Crippen LogP contribution >= 0.6 is 12.4 Å². The zero-order chi connectivity index (χ0) is 19.3. The van der Waals surface area contributed by atoms with Crippen molar-refractivity contribution in [3.63, 3.8) is 0 Å². The van der Waals surface area contributed by atoms with Gasteiger partial charge in [-0.3, -0.25) is 9.13 Å². The molecule has 10 heteroatoms. The molecular weight excluding hydrogens is 392 g/mol. The van der Waals surface area contributed by atoms with Crippen molar-refractivity contribution in [2.45, 2.75) is 18.9 Å². The molecule has 0 amide bonds. The number of hydrogen-bond acceptors (Lipinski definition) is 6. The molecule has 9 nitrogen and oxygen atoms in total. The van der Waals surface area contributed by atoms with Crippen molar-refractivity contribution in [2.24, 2.45) is 7.05 Å². The summed E-state index contributed by atoms with van der Waals surface area (Å²) >= 11 is 0. The predicted octanol–water partition coefficient (Wildman–Crippen LogP) is 1.66. The number of nitrogens with one attached hydrogen (secondary N) is 1. The van der Waals surface area contributed by atoms with Gasteiger partial charge in [0.15, 0.2) is 11.5 Å². The van der Waals surface area contributed by atoms with Gasteiger partial charge in [-0.25, -0.2) is 19.3 Å². The Morgan fingerprint density at radius 3 is 2.79 bits per heavy atom. The summed E-state index contributed by atoms with van der Waals surface area (Å²) in [5, 5.41) is 16.9. The predicted molar refractivity (Wildman–Crippen MR) is 110 cm³/mol. The van der Waals surface area contributed by atoms with Gasteiger partial charge in [-0.15, -0.1) is 12.4 Å². The highest BCUT2D eigenvalue weighted by Gasteiger charge is 2.23. The SMILES string of the molecule is Cl.Cn1c(=O)n(C2CCNCC2)c2nc(-c3cnn4ccc(C#N)cc34)ncc21. The molecule has 1 saturated heterocycles. The Morgan fingerprint density at radius 1 is 1.24 bits per heavy atom. The first-order chi connectivity index (χ1) is 13.7. The molecule has 0 aromatic carbocycles. The largest absolute Gasteiger partial charge is 0.330 e. The molecule has 0 unspecified atom stereocenters. The first-order valence-corrected chi connectivity index (χ1v) is 9.20. The van der Waals surface area contributed by atoms with Crippen molar-refractivity contribution >= 4 is 29.1 Å². The van der Waals surface area contributed by atoms with Gasteiger partial charge in [0, 0.05) is 19.3 Å². The minimum Gasteiger partial charge on any atom is -0.317 e. The van der Waals surface area contributed by atoms with Crippen LogP contribution in [0.3, 0.4) is 0 Å². The number of rotatable bonds is 2. The summed E-state index contributed by atoms with van der Waals surface area (Å²) in [6.07, 6.45) is 6.90. The molecule has 1 fully saturated rings. The smallest absolute Gasteiger partial charge is 0.317 e. The van der Waals surface area contributed by atoms with E-state index in [2.05, 4.69) is 21.5 Å². The number of pyridine rings is 1. The van der Waals surface area contributed by atoms with Crippen LogP contribution in [0.15, 0.2) is 35.5 Å². The molecule has 29 heavy (non-hydrogen) atoms. The lowest BCUT2D eigenvalue weighted by Gasteiger charge is -2.23. The highest BCUT2D eigenvalue weighted by molar-refractivity contribution is 5.85. The van der Waals surface area contributed by atoms with Crippen LogP contribution in [-0.2, 0) is 7.05 Å². The van der Waals surface area contributed by atoms with Gasteiger partial charge in [0.2, 0.25) is 0 Å². The molecule has 1 aliphatic heterocycles. The van der Waals surface area contributed by atoms with Crippen molar-refractivity contribution in [1.82, 2.24) is 34.0 Å². The lowest BCUT2D eigenvalue weighted by atomic mass is 10.1. The summed E-state index contributed by atoms with van der Waals surface area (Å²) in [6, 6.07) is 5.74. The van der Waals surface area contributed by atoms with E-state index < -0.39 is 0 Å². The summed E-state index contributed by atoms with van der Waals surface area (Å²) in [5.74, 6) is 0.492. The number of halogens is 1. The molecule has 0 bridgehead atoms. The van der Waals surface area contributed by atoms with E-state index in [1.807, 2.05) is 0 Å². The van der Waals surface area contributed by atoms with E-state index in [-0.39, 0.29) is 24.1 Å². The monoisotopic (exact) mass is 410 g/mol. The van der Waals surface area contributed by atoms with Crippen molar-refractivity contribution in [3.8, 4) is 17.5 Å². The average molecular weight is 411 g/mol. The fraction of sp³-hybridized carbons (Fsp3) is 0.316. The minimum absolute atomic E-state index is 0. The number of aryl methyl sites for hydroxylation is 1. The normalized spacial score (nSPS) is 14.8. The molecular formula is C19H19ClN8O. The van der Waals surface area contributed by atoms with Gasteiger partial charge in [-0.2, -0.15) is 10.4 Å². The second kappa shape index (κ2) is 7.31. The van der Waals surface area contributed by atoms with Crippen molar-refractivity contribution < 1.29 is 0 Å². The standard InChI is InChI=1S/C19H18N8O.ClH/c1-25-16-11-22-17(14-10-23-26-7-4-12(9-20)8-15(14)26)24-18(16)27(19(25)28)13-2-5-21-6-3-13;/h4,7-8,10-11,13,21H,2-3,5-6H2,1H3;1H. The van der Waals surface area contributed by atoms with Gasteiger partial charge in [-0.1, -0.05) is 0 Å². The zero-order valence-electron chi connectivity index (χ0n) is 15.7. The van der Waals surface area contributed by atoms with Crippen LogP contribution < -0.4 is 11.0 Å². The maximum Gasteiger partial charge on any atom is 0.330 e. The Kier molecular flexibility index (Phi) is 4.82. The molecule has 1 N–H and O–H groups in total. The molecule has 0 radical (unpaired) electrons. The molecule has 148 valence electrons. The van der Waals surface area contributed by atoms with E-state index in [0.717, 1.165) is 37.0 Å². The summed E-state index contributed by atoms with van der Waals surface area (Å²) < 4.78 is 5.09. The highest BCUT2D eigenvalue weighted by Crippen LogP contribution is 2.26.